The van der Waals surface area contributed by atoms with Crippen molar-refractivity contribution < 1.29 is 31.1 Å². The van der Waals surface area contributed by atoms with E-state index in [0.29, 0.717) is 5.69 Å². The maximum Gasteiger partial charge on any atom is 0.416 e. The molecule has 0 aromatic heterocycles. The first-order chi connectivity index (χ1) is 14.6. The molecule has 0 bridgehead atoms. The highest BCUT2D eigenvalue weighted by molar-refractivity contribution is 7.92. The van der Waals surface area contributed by atoms with Crippen molar-refractivity contribution in [3.05, 3.63) is 83.9 Å². The van der Waals surface area contributed by atoms with Crippen LogP contribution >= 0.6 is 0 Å². The highest BCUT2D eigenvalue weighted by Crippen LogP contribution is 2.33. The Balaban J connectivity index is 1.76. The van der Waals surface area contributed by atoms with Gasteiger partial charge in [-0.1, -0.05) is 18.2 Å². The van der Waals surface area contributed by atoms with E-state index in [2.05, 4.69) is 10.0 Å². The van der Waals surface area contributed by atoms with E-state index in [1.165, 1.54) is 24.3 Å². The maximum atomic E-state index is 12.8. The molecule has 0 fully saturated rings. The highest BCUT2D eigenvalue weighted by Gasteiger charge is 2.31. The van der Waals surface area contributed by atoms with E-state index in [-0.39, 0.29) is 21.9 Å². The van der Waals surface area contributed by atoms with Gasteiger partial charge in [0.25, 0.3) is 15.9 Å². The number of para-hydroxylation sites is 1. The van der Waals surface area contributed by atoms with Gasteiger partial charge in [-0.15, -0.1) is 0 Å². The predicted molar refractivity (Wildman–Crippen MR) is 110 cm³/mol. The molecule has 0 unspecified atom stereocenters. The summed E-state index contributed by atoms with van der Waals surface area (Å²) in [7, 11) is -2.67. The summed E-state index contributed by atoms with van der Waals surface area (Å²) in [6, 6.07) is 16.2. The quantitative estimate of drug-likeness (QED) is 0.567. The van der Waals surface area contributed by atoms with E-state index in [9.17, 15) is 26.4 Å². The van der Waals surface area contributed by atoms with Crippen LogP contribution in [0.4, 0.5) is 24.5 Å². The van der Waals surface area contributed by atoms with Gasteiger partial charge in [-0.05, 0) is 54.6 Å². The number of benzene rings is 3. The fraction of sp³-hybridized carbons (Fsp3) is 0.0952. The Kier molecular flexibility index (Phi) is 6.21. The Hall–Kier alpha value is -3.53. The highest BCUT2D eigenvalue weighted by atomic mass is 32.2. The lowest BCUT2D eigenvalue weighted by molar-refractivity contribution is -0.137. The standard InChI is InChI=1S/C21H17F3N2O4S/c1-30-19-13-14(21(22,23)24)7-12-18(19)20(27)25-15-8-10-17(11-9-15)31(28,29)26-16-5-3-2-4-6-16/h2-13,26H,1H3,(H,25,27). The van der Waals surface area contributed by atoms with Crippen LogP contribution in [0.15, 0.2) is 77.7 Å². The second kappa shape index (κ2) is 8.68. The number of amides is 1. The number of sulfonamides is 1. The normalized spacial score (nSPS) is 11.6. The first-order valence-corrected chi connectivity index (χ1v) is 10.3. The molecular weight excluding hydrogens is 433 g/mol. The second-order valence-corrected chi connectivity index (χ2v) is 8.05. The van der Waals surface area contributed by atoms with Crippen LogP contribution < -0.4 is 14.8 Å². The topological polar surface area (TPSA) is 84.5 Å². The zero-order valence-corrected chi connectivity index (χ0v) is 16.9. The number of ether oxygens (including phenoxy) is 1. The van der Waals surface area contributed by atoms with Gasteiger partial charge in [0.2, 0.25) is 0 Å². The van der Waals surface area contributed by atoms with Crippen LogP contribution in [0.2, 0.25) is 0 Å². The molecule has 0 aliphatic heterocycles. The largest absolute Gasteiger partial charge is 0.496 e. The fourth-order valence-electron chi connectivity index (χ4n) is 2.69. The Morgan fingerprint density at radius 3 is 2.13 bits per heavy atom. The summed E-state index contributed by atoms with van der Waals surface area (Å²) in [4.78, 5) is 12.4. The van der Waals surface area contributed by atoms with Crippen LogP contribution in [0, 0.1) is 0 Å². The molecule has 31 heavy (non-hydrogen) atoms. The molecule has 0 saturated carbocycles. The van der Waals surface area contributed by atoms with Crippen molar-refractivity contribution in [1.82, 2.24) is 0 Å². The number of alkyl halides is 3. The summed E-state index contributed by atoms with van der Waals surface area (Å²) in [5, 5.41) is 2.50. The average Bonchev–Trinajstić information content (AvgIpc) is 2.73. The van der Waals surface area contributed by atoms with Gasteiger partial charge in [0.05, 0.1) is 23.1 Å². The molecule has 2 N–H and O–H groups in total. The Morgan fingerprint density at radius 1 is 0.903 bits per heavy atom. The summed E-state index contributed by atoms with van der Waals surface area (Å²) in [6.45, 7) is 0. The number of hydrogen-bond donors (Lipinski definition) is 2. The van der Waals surface area contributed by atoms with E-state index >= 15 is 0 Å². The third-order valence-corrected chi connectivity index (χ3v) is 5.62. The number of anilines is 2. The minimum atomic E-state index is -4.57. The number of carbonyl (C=O) groups is 1. The Labute approximate surface area is 176 Å². The third kappa shape index (κ3) is 5.34. The van der Waals surface area contributed by atoms with Crippen LogP contribution in [0.5, 0.6) is 5.75 Å². The van der Waals surface area contributed by atoms with Gasteiger partial charge >= 0.3 is 6.18 Å². The summed E-state index contributed by atoms with van der Waals surface area (Å²) in [5.74, 6) is -0.942. The lowest BCUT2D eigenvalue weighted by atomic mass is 10.1. The minimum Gasteiger partial charge on any atom is -0.496 e. The SMILES string of the molecule is COc1cc(C(F)(F)F)ccc1C(=O)Nc1ccc(S(=O)(=O)Nc2ccccc2)cc1. The molecule has 0 aliphatic carbocycles. The predicted octanol–water partition coefficient (Wildman–Crippen LogP) is 4.77. The van der Waals surface area contributed by atoms with Gasteiger partial charge in [-0.3, -0.25) is 9.52 Å². The van der Waals surface area contributed by atoms with Crippen molar-refractivity contribution >= 4 is 27.3 Å². The lowest BCUT2D eigenvalue weighted by Gasteiger charge is -2.13. The van der Waals surface area contributed by atoms with Crippen molar-refractivity contribution in [2.75, 3.05) is 17.1 Å². The summed E-state index contributed by atoms with van der Waals surface area (Å²) in [6.07, 6.45) is -4.57. The summed E-state index contributed by atoms with van der Waals surface area (Å²) >= 11 is 0. The molecule has 3 aromatic rings. The van der Waals surface area contributed by atoms with E-state index in [1.54, 1.807) is 30.3 Å². The lowest BCUT2D eigenvalue weighted by Crippen LogP contribution is -2.15. The van der Waals surface area contributed by atoms with Gasteiger partial charge in [-0.2, -0.15) is 13.2 Å². The second-order valence-electron chi connectivity index (χ2n) is 6.36. The fourth-order valence-corrected chi connectivity index (χ4v) is 3.75. The van der Waals surface area contributed by atoms with Crippen molar-refractivity contribution in [3.63, 3.8) is 0 Å². The molecule has 10 heteroatoms. The van der Waals surface area contributed by atoms with E-state index in [0.717, 1.165) is 25.3 Å². The monoisotopic (exact) mass is 450 g/mol. The minimum absolute atomic E-state index is 0.0264. The number of carbonyl (C=O) groups excluding carboxylic acids is 1. The molecule has 0 heterocycles. The Bertz CT molecular complexity index is 1180. The molecule has 162 valence electrons. The molecule has 3 rings (SSSR count). The van der Waals surface area contributed by atoms with Gasteiger partial charge in [0.15, 0.2) is 0 Å². The third-order valence-electron chi connectivity index (χ3n) is 4.22. The molecule has 0 saturated heterocycles. The van der Waals surface area contributed by atoms with Crippen molar-refractivity contribution in [2.45, 2.75) is 11.1 Å². The van der Waals surface area contributed by atoms with Crippen LogP contribution in [0.25, 0.3) is 0 Å². The van der Waals surface area contributed by atoms with Gasteiger partial charge in [0, 0.05) is 11.4 Å². The molecular formula is C21H17F3N2O4S. The van der Waals surface area contributed by atoms with Crippen LogP contribution in [0.1, 0.15) is 15.9 Å². The van der Waals surface area contributed by atoms with Crippen molar-refractivity contribution in [2.24, 2.45) is 0 Å². The first kappa shape index (κ1) is 22.2. The van der Waals surface area contributed by atoms with E-state index in [4.69, 9.17) is 4.74 Å². The number of methoxy groups -OCH3 is 1. The smallest absolute Gasteiger partial charge is 0.416 e. The average molecular weight is 450 g/mol. The maximum absolute atomic E-state index is 12.8. The van der Waals surface area contributed by atoms with Crippen LogP contribution in [0.3, 0.4) is 0 Å². The zero-order chi connectivity index (χ0) is 22.6. The number of rotatable bonds is 6. The molecule has 1 amide bonds. The van der Waals surface area contributed by atoms with Gasteiger partial charge in [-0.25, -0.2) is 8.42 Å². The summed E-state index contributed by atoms with van der Waals surface area (Å²) < 4.78 is 70.8. The van der Waals surface area contributed by atoms with Gasteiger partial charge < -0.3 is 10.1 Å². The first-order valence-electron chi connectivity index (χ1n) is 8.85. The number of hydrogen-bond acceptors (Lipinski definition) is 4. The molecule has 6 nitrogen and oxygen atoms in total. The molecule has 0 atom stereocenters. The zero-order valence-electron chi connectivity index (χ0n) is 16.1. The number of halogens is 3. The van der Waals surface area contributed by atoms with Crippen LogP contribution in [-0.2, 0) is 16.2 Å². The molecule has 0 aliphatic rings. The molecule has 0 radical (unpaired) electrons. The Morgan fingerprint density at radius 2 is 1.55 bits per heavy atom. The van der Waals surface area contributed by atoms with E-state index in [1.807, 2.05) is 0 Å². The van der Waals surface area contributed by atoms with Crippen molar-refractivity contribution in [1.29, 1.82) is 0 Å². The molecule has 0 spiro atoms. The summed E-state index contributed by atoms with van der Waals surface area (Å²) in [5.41, 5.74) is -0.390. The van der Waals surface area contributed by atoms with Gasteiger partial charge in [0.1, 0.15) is 5.75 Å². The van der Waals surface area contributed by atoms with E-state index < -0.39 is 27.7 Å². The van der Waals surface area contributed by atoms with Crippen LogP contribution in [-0.4, -0.2) is 21.4 Å². The number of nitrogens with one attached hydrogen (secondary N) is 2. The van der Waals surface area contributed by atoms with Crippen molar-refractivity contribution in [3.8, 4) is 5.75 Å². The molecule has 3 aromatic carbocycles.